The maximum Gasteiger partial charge on any atom is 0.281 e. The normalized spacial score (nSPS) is 11.9. The first-order valence-electron chi connectivity index (χ1n) is 9.83. The summed E-state index contributed by atoms with van der Waals surface area (Å²) >= 11 is 0. The van der Waals surface area contributed by atoms with Gasteiger partial charge in [0.05, 0.1) is 5.71 Å². The van der Waals surface area contributed by atoms with Crippen LogP contribution in [-0.2, 0) is 16.8 Å². The lowest BCUT2D eigenvalue weighted by atomic mass is 9.85. The van der Waals surface area contributed by atoms with E-state index >= 15 is 0 Å². The van der Waals surface area contributed by atoms with Gasteiger partial charge in [0.1, 0.15) is 0 Å². The van der Waals surface area contributed by atoms with Gasteiger partial charge in [0.2, 0.25) is 0 Å². The Bertz CT molecular complexity index is 925. The standard InChI is InChI=1S/C25H26N2O2/c1-3-10-20-15-17-21(18-16-20)19(2)26-27-24(28)25(29,22-11-6-4-7-12-22)23-13-8-5-9-14-23/h4-9,11-18,29H,3,10H2,1-2H3,(H,27,28)/b26-19+. The molecule has 0 spiro atoms. The van der Waals surface area contributed by atoms with Crippen molar-refractivity contribution in [2.45, 2.75) is 32.3 Å². The van der Waals surface area contributed by atoms with E-state index in [-0.39, 0.29) is 0 Å². The van der Waals surface area contributed by atoms with Crippen LogP contribution in [0.5, 0.6) is 0 Å². The Kier molecular flexibility index (Phi) is 6.57. The topological polar surface area (TPSA) is 61.7 Å². The third-order valence-corrected chi connectivity index (χ3v) is 4.95. The molecule has 0 aromatic heterocycles. The Morgan fingerprint density at radius 3 is 1.90 bits per heavy atom. The summed E-state index contributed by atoms with van der Waals surface area (Å²) in [5, 5.41) is 15.7. The molecule has 1 amide bonds. The van der Waals surface area contributed by atoms with Crippen molar-refractivity contribution < 1.29 is 9.90 Å². The average Bonchev–Trinajstić information content (AvgIpc) is 2.78. The van der Waals surface area contributed by atoms with Gasteiger partial charge in [0, 0.05) is 0 Å². The van der Waals surface area contributed by atoms with Crippen molar-refractivity contribution in [3.63, 3.8) is 0 Å². The zero-order valence-electron chi connectivity index (χ0n) is 16.8. The molecule has 0 fully saturated rings. The maximum atomic E-state index is 13.1. The van der Waals surface area contributed by atoms with E-state index in [1.165, 1.54) is 5.56 Å². The van der Waals surface area contributed by atoms with Gasteiger partial charge in [-0.15, -0.1) is 0 Å². The number of aliphatic hydroxyl groups is 1. The van der Waals surface area contributed by atoms with Crippen LogP contribution >= 0.6 is 0 Å². The minimum atomic E-state index is -1.84. The van der Waals surface area contributed by atoms with Crippen LogP contribution in [-0.4, -0.2) is 16.7 Å². The Morgan fingerprint density at radius 1 is 0.897 bits per heavy atom. The van der Waals surface area contributed by atoms with E-state index in [9.17, 15) is 9.90 Å². The Balaban J connectivity index is 1.86. The number of nitrogens with one attached hydrogen (secondary N) is 1. The molecular weight excluding hydrogens is 360 g/mol. The first-order chi connectivity index (χ1) is 14.1. The molecule has 0 aliphatic rings. The number of benzene rings is 3. The molecule has 29 heavy (non-hydrogen) atoms. The highest BCUT2D eigenvalue weighted by Crippen LogP contribution is 2.29. The molecule has 3 aromatic carbocycles. The van der Waals surface area contributed by atoms with E-state index in [0.29, 0.717) is 16.8 Å². The second-order valence-electron chi connectivity index (χ2n) is 7.03. The van der Waals surface area contributed by atoms with Crippen LogP contribution in [0.4, 0.5) is 0 Å². The zero-order valence-corrected chi connectivity index (χ0v) is 16.8. The second-order valence-corrected chi connectivity index (χ2v) is 7.03. The Hall–Kier alpha value is -3.24. The molecule has 0 saturated heterocycles. The third-order valence-electron chi connectivity index (χ3n) is 4.95. The van der Waals surface area contributed by atoms with Crippen molar-refractivity contribution in [3.05, 3.63) is 107 Å². The monoisotopic (exact) mass is 386 g/mol. The molecule has 3 aromatic rings. The number of aryl methyl sites for hydroxylation is 1. The fourth-order valence-corrected chi connectivity index (χ4v) is 3.27. The molecule has 0 atom stereocenters. The molecule has 4 heteroatoms. The highest BCUT2D eigenvalue weighted by atomic mass is 16.3. The molecule has 2 N–H and O–H groups in total. The number of nitrogens with zero attached hydrogens (tertiary/aromatic N) is 1. The van der Waals surface area contributed by atoms with E-state index in [1.807, 2.05) is 31.2 Å². The quantitative estimate of drug-likeness (QED) is 0.467. The fourth-order valence-electron chi connectivity index (χ4n) is 3.27. The fraction of sp³-hybridized carbons (Fsp3) is 0.200. The van der Waals surface area contributed by atoms with Gasteiger partial charge in [0.25, 0.3) is 5.91 Å². The van der Waals surface area contributed by atoms with E-state index in [4.69, 9.17) is 0 Å². The summed E-state index contributed by atoms with van der Waals surface area (Å²) in [4.78, 5) is 13.1. The van der Waals surface area contributed by atoms with Crippen LogP contribution in [0, 0.1) is 0 Å². The number of rotatable bonds is 7. The second kappa shape index (κ2) is 9.30. The molecule has 0 unspecified atom stereocenters. The largest absolute Gasteiger partial charge is 0.372 e. The molecule has 0 aliphatic carbocycles. The van der Waals surface area contributed by atoms with Crippen molar-refractivity contribution in [3.8, 4) is 0 Å². The first-order valence-corrected chi connectivity index (χ1v) is 9.83. The first kappa shape index (κ1) is 20.5. The number of hydrazone groups is 1. The molecular formula is C25H26N2O2. The van der Waals surface area contributed by atoms with Gasteiger partial charge < -0.3 is 5.11 Å². The molecule has 0 bridgehead atoms. The maximum absolute atomic E-state index is 13.1. The van der Waals surface area contributed by atoms with Crippen molar-refractivity contribution in [1.29, 1.82) is 0 Å². The van der Waals surface area contributed by atoms with Gasteiger partial charge in [-0.1, -0.05) is 98.3 Å². The lowest BCUT2D eigenvalue weighted by molar-refractivity contribution is -0.136. The molecule has 148 valence electrons. The van der Waals surface area contributed by atoms with Gasteiger partial charge in [0.15, 0.2) is 5.60 Å². The van der Waals surface area contributed by atoms with E-state index in [2.05, 4.69) is 29.6 Å². The molecule has 0 saturated carbocycles. The lowest BCUT2D eigenvalue weighted by Gasteiger charge is -2.27. The number of carbonyl (C=O) groups is 1. The molecule has 0 aliphatic heterocycles. The highest BCUT2D eigenvalue weighted by Gasteiger charge is 2.39. The predicted molar refractivity (Wildman–Crippen MR) is 117 cm³/mol. The summed E-state index contributed by atoms with van der Waals surface area (Å²) in [6.07, 6.45) is 2.13. The zero-order chi connectivity index (χ0) is 20.7. The van der Waals surface area contributed by atoms with Crippen LogP contribution in [0.25, 0.3) is 0 Å². The van der Waals surface area contributed by atoms with Crippen molar-refractivity contribution in [2.75, 3.05) is 0 Å². The van der Waals surface area contributed by atoms with Crippen molar-refractivity contribution in [1.82, 2.24) is 5.43 Å². The molecule has 3 rings (SSSR count). The number of hydrogen-bond acceptors (Lipinski definition) is 3. The van der Waals surface area contributed by atoms with E-state index in [0.717, 1.165) is 18.4 Å². The smallest absolute Gasteiger partial charge is 0.281 e. The summed E-state index contributed by atoms with van der Waals surface area (Å²) in [6, 6.07) is 25.9. The third kappa shape index (κ3) is 4.61. The van der Waals surface area contributed by atoms with Gasteiger partial charge in [-0.25, -0.2) is 5.43 Å². The SMILES string of the molecule is CCCc1ccc(/C(C)=N/NC(=O)C(O)(c2ccccc2)c2ccccc2)cc1. The minimum Gasteiger partial charge on any atom is -0.372 e. The predicted octanol–water partition coefficient (Wildman–Crippen LogP) is 4.42. The minimum absolute atomic E-state index is 0.487. The lowest BCUT2D eigenvalue weighted by Crippen LogP contribution is -2.43. The van der Waals surface area contributed by atoms with Crippen molar-refractivity contribution in [2.24, 2.45) is 5.10 Å². The molecule has 0 heterocycles. The van der Waals surface area contributed by atoms with E-state index in [1.54, 1.807) is 48.5 Å². The summed E-state index contributed by atoms with van der Waals surface area (Å²) in [7, 11) is 0. The van der Waals surface area contributed by atoms with E-state index < -0.39 is 11.5 Å². The van der Waals surface area contributed by atoms with Gasteiger partial charge >= 0.3 is 0 Å². The summed E-state index contributed by atoms with van der Waals surface area (Å²) in [5.74, 6) is -0.600. The van der Waals surface area contributed by atoms with Crippen molar-refractivity contribution >= 4 is 11.6 Å². The number of hydrogen-bond donors (Lipinski definition) is 2. The Morgan fingerprint density at radius 2 is 1.41 bits per heavy atom. The molecule has 0 radical (unpaired) electrons. The summed E-state index contributed by atoms with van der Waals surface area (Å²) in [5.41, 5.74) is 4.56. The van der Waals surface area contributed by atoms with Gasteiger partial charge in [-0.05, 0) is 35.6 Å². The molecule has 4 nitrogen and oxygen atoms in total. The van der Waals surface area contributed by atoms with Crippen LogP contribution in [0.2, 0.25) is 0 Å². The average molecular weight is 386 g/mol. The van der Waals surface area contributed by atoms with Gasteiger partial charge in [-0.3, -0.25) is 4.79 Å². The van der Waals surface area contributed by atoms with Crippen LogP contribution in [0.3, 0.4) is 0 Å². The number of amides is 1. The van der Waals surface area contributed by atoms with Gasteiger partial charge in [-0.2, -0.15) is 5.10 Å². The number of carbonyl (C=O) groups excluding carboxylic acids is 1. The summed E-state index contributed by atoms with van der Waals surface area (Å²) < 4.78 is 0. The Labute approximate surface area is 171 Å². The van der Waals surface area contributed by atoms with Crippen LogP contribution in [0.15, 0.2) is 90.0 Å². The van der Waals surface area contributed by atoms with Crippen LogP contribution < -0.4 is 5.43 Å². The summed E-state index contributed by atoms with van der Waals surface area (Å²) in [6.45, 7) is 3.98. The van der Waals surface area contributed by atoms with Crippen LogP contribution in [0.1, 0.15) is 42.5 Å². The highest BCUT2D eigenvalue weighted by molar-refractivity contribution is 6.00.